The number of nitrogens with one attached hydrogen (secondary N) is 2. The lowest BCUT2D eigenvalue weighted by Crippen LogP contribution is -2.40. The second-order valence-corrected chi connectivity index (χ2v) is 8.71. The van der Waals surface area contributed by atoms with Crippen LogP contribution < -0.4 is 10.0 Å². The van der Waals surface area contributed by atoms with Gasteiger partial charge in [0.05, 0.1) is 4.90 Å². The number of ether oxygens (including phenoxy) is 1. The lowest BCUT2D eigenvalue weighted by molar-refractivity contribution is -0.155. The molecule has 8 nitrogen and oxygen atoms in total. The number of rotatable bonds is 7. The molecule has 1 aromatic carbocycles. The predicted octanol–water partition coefficient (Wildman–Crippen LogP) is 1.50. The van der Waals surface area contributed by atoms with Gasteiger partial charge in [-0.3, -0.25) is 19.3 Å². The Kier molecular flexibility index (Phi) is 6.33. The Bertz CT molecular complexity index is 875. The van der Waals surface area contributed by atoms with Crippen LogP contribution in [0.5, 0.6) is 0 Å². The molecule has 1 atom stereocenters. The van der Waals surface area contributed by atoms with Gasteiger partial charge in [-0.05, 0) is 38.3 Å². The van der Waals surface area contributed by atoms with E-state index in [1.54, 1.807) is 25.1 Å². The number of carbonyl (C=O) groups is 2. The van der Waals surface area contributed by atoms with Crippen LogP contribution >= 0.6 is 0 Å². The molecule has 1 fully saturated rings. The van der Waals surface area contributed by atoms with Gasteiger partial charge in [-0.15, -0.1) is 0 Å². The highest BCUT2D eigenvalue weighted by Crippen LogP contribution is 2.22. The first kappa shape index (κ1) is 20.3. The molecule has 3 rings (SSSR count). The van der Waals surface area contributed by atoms with Crippen molar-refractivity contribution in [3.05, 3.63) is 29.8 Å². The van der Waals surface area contributed by atoms with Crippen molar-refractivity contribution in [2.75, 3.05) is 6.54 Å². The number of sulfonamides is 1. The third kappa shape index (κ3) is 4.89. The second-order valence-electron chi connectivity index (χ2n) is 7.06. The van der Waals surface area contributed by atoms with Crippen molar-refractivity contribution >= 4 is 27.7 Å². The first-order chi connectivity index (χ1) is 13.4. The van der Waals surface area contributed by atoms with E-state index in [2.05, 4.69) is 15.0 Å². The van der Waals surface area contributed by atoms with E-state index in [4.69, 9.17) is 4.74 Å². The van der Waals surface area contributed by atoms with E-state index >= 15 is 0 Å². The van der Waals surface area contributed by atoms with Crippen molar-refractivity contribution in [2.24, 2.45) is 4.99 Å². The summed E-state index contributed by atoms with van der Waals surface area (Å²) in [5, 5.41) is 2.90. The van der Waals surface area contributed by atoms with Crippen LogP contribution in [0.25, 0.3) is 0 Å². The number of carbonyl (C=O) groups excluding carboxylic acids is 2. The summed E-state index contributed by atoms with van der Waals surface area (Å²) >= 11 is 0. The van der Waals surface area contributed by atoms with Crippen LogP contribution in [-0.2, 0) is 24.3 Å². The lowest BCUT2D eigenvalue weighted by Gasteiger charge is -2.17. The number of benzene rings is 1. The minimum absolute atomic E-state index is 0.103. The maximum absolute atomic E-state index is 12.0. The molecule has 28 heavy (non-hydrogen) atoms. The van der Waals surface area contributed by atoms with Gasteiger partial charge in [-0.2, -0.15) is 0 Å². The summed E-state index contributed by atoms with van der Waals surface area (Å²) in [6.07, 6.45) is 3.84. The van der Waals surface area contributed by atoms with Crippen LogP contribution in [0, 0.1) is 0 Å². The summed E-state index contributed by atoms with van der Waals surface area (Å²) in [4.78, 5) is 28.4. The van der Waals surface area contributed by atoms with Crippen molar-refractivity contribution in [2.45, 2.75) is 62.5 Å². The van der Waals surface area contributed by atoms with Crippen molar-refractivity contribution in [3.8, 4) is 0 Å². The molecule has 0 saturated heterocycles. The van der Waals surface area contributed by atoms with Crippen LogP contribution in [0.1, 0.15) is 51.0 Å². The Morgan fingerprint density at radius 3 is 2.75 bits per heavy atom. The van der Waals surface area contributed by atoms with Gasteiger partial charge >= 0.3 is 5.97 Å². The average molecular weight is 407 g/mol. The van der Waals surface area contributed by atoms with E-state index in [0.29, 0.717) is 12.0 Å². The molecule has 0 radical (unpaired) electrons. The number of fused-ring (bicyclic) bond motifs is 1. The van der Waals surface area contributed by atoms with Crippen LogP contribution in [0.15, 0.2) is 34.2 Å². The Morgan fingerprint density at radius 2 is 2.00 bits per heavy atom. The fourth-order valence-electron chi connectivity index (χ4n) is 3.36. The second kappa shape index (κ2) is 8.72. The third-order valence-electron chi connectivity index (χ3n) is 4.85. The highest BCUT2D eigenvalue weighted by atomic mass is 32.2. The molecule has 0 bridgehead atoms. The normalized spacial score (nSPS) is 20.4. The van der Waals surface area contributed by atoms with E-state index < -0.39 is 22.1 Å². The summed E-state index contributed by atoms with van der Waals surface area (Å²) in [6.45, 7) is 1.83. The molecule has 1 aliphatic carbocycles. The van der Waals surface area contributed by atoms with E-state index in [9.17, 15) is 18.0 Å². The van der Waals surface area contributed by atoms with Crippen molar-refractivity contribution in [1.82, 2.24) is 10.0 Å². The first-order valence-corrected chi connectivity index (χ1v) is 11.0. The minimum atomic E-state index is -3.56. The molecule has 1 amide bonds. The average Bonchev–Trinajstić information content (AvgIpc) is 3.25. The summed E-state index contributed by atoms with van der Waals surface area (Å²) in [5.41, 5.74) is 0.530. The van der Waals surface area contributed by atoms with Crippen LogP contribution in [0.4, 0.5) is 0 Å². The fraction of sp³-hybridized carbons (Fsp3) is 0.526. The van der Waals surface area contributed by atoms with E-state index in [1.807, 2.05) is 0 Å². The zero-order chi connectivity index (χ0) is 20.1. The molecule has 1 saturated carbocycles. The quantitative estimate of drug-likeness (QED) is 0.525. The number of nitrogens with zero attached hydrogens (tertiary/aromatic N) is 1. The highest BCUT2D eigenvalue weighted by molar-refractivity contribution is 7.90. The largest absolute Gasteiger partial charge is 0.453 e. The number of hydrogen-bond donors (Lipinski definition) is 2. The summed E-state index contributed by atoms with van der Waals surface area (Å²) in [6, 6.07) is 6.79. The molecule has 152 valence electrons. The van der Waals surface area contributed by atoms with Gasteiger partial charge in [-0.1, -0.05) is 25.0 Å². The number of aliphatic imine (C=N–C) groups is 1. The molecule has 2 N–H and O–H groups in total. The van der Waals surface area contributed by atoms with Gasteiger partial charge in [0.15, 0.2) is 6.10 Å². The zero-order valence-corrected chi connectivity index (χ0v) is 16.6. The van der Waals surface area contributed by atoms with Gasteiger partial charge in [0.2, 0.25) is 0 Å². The number of amidine groups is 1. The lowest BCUT2D eigenvalue weighted by atomic mass is 10.2. The standard InChI is InChI=1S/C19H25N3O5S/c1-13(19(24)21-14-7-2-3-8-14)27-17(23)11-6-12-20-18-15-9-4-5-10-16(15)28(25,26)22-18/h4-5,9-10,13-14H,2-3,6-8,11-12H2,1H3,(H,20,22)(H,21,24)/t13-/m1/s1. The van der Waals surface area contributed by atoms with Gasteiger partial charge in [0, 0.05) is 24.6 Å². The first-order valence-electron chi connectivity index (χ1n) is 9.53. The number of esters is 1. The van der Waals surface area contributed by atoms with Crippen molar-refractivity contribution < 1.29 is 22.7 Å². The third-order valence-corrected chi connectivity index (χ3v) is 6.25. The molecule has 0 spiro atoms. The summed E-state index contributed by atoms with van der Waals surface area (Å²) in [5.74, 6) is -0.451. The monoisotopic (exact) mass is 407 g/mol. The molecule has 0 unspecified atom stereocenters. The van der Waals surface area contributed by atoms with Crippen LogP contribution in [-0.4, -0.2) is 44.8 Å². The van der Waals surface area contributed by atoms with Crippen molar-refractivity contribution in [1.29, 1.82) is 0 Å². The molecular weight excluding hydrogens is 382 g/mol. The number of amides is 1. The minimum Gasteiger partial charge on any atom is -0.453 e. The molecule has 0 aromatic heterocycles. The maximum atomic E-state index is 12.0. The SMILES string of the molecule is C[C@@H](OC(=O)CCCN=C1NS(=O)(=O)c2ccccc21)C(=O)NC1CCCC1. The fourth-order valence-corrected chi connectivity index (χ4v) is 4.61. The molecule has 1 heterocycles. The molecule has 1 aromatic rings. The Hall–Kier alpha value is -2.42. The molecule has 9 heteroatoms. The summed E-state index contributed by atoms with van der Waals surface area (Å²) in [7, 11) is -3.56. The zero-order valence-electron chi connectivity index (χ0n) is 15.8. The molecular formula is C19H25N3O5S. The van der Waals surface area contributed by atoms with Gasteiger partial charge < -0.3 is 10.1 Å². The topological polar surface area (TPSA) is 114 Å². The summed E-state index contributed by atoms with van der Waals surface area (Å²) < 4.78 is 31.6. The molecule has 1 aliphatic heterocycles. The van der Waals surface area contributed by atoms with E-state index in [1.165, 1.54) is 6.07 Å². The predicted molar refractivity (Wildman–Crippen MR) is 103 cm³/mol. The van der Waals surface area contributed by atoms with Crippen molar-refractivity contribution in [3.63, 3.8) is 0 Å². The van der Waals surface area contributed by atoms with Crippen LogP contribution in [0.2, 0.25) is 0 Å². The Balaban J connectivity index is 1.43. The van der Waals surface area contributed by atoms with Gasteiger partial charge in [0.25, 0.3) is 15.9 Å². The van der Waals surface area contributed by atoms with E-state index in [0.717, 1.165) is 25.7 Å². The molecule has 2 aliphatic rings. The number of hydrogen-bond acceptors (Lipinski definition) is 6. The highest BCUT2D eigenvalue weighted by Gasteiger charge is 2.30. The maximum Gasteiger partial charge on any atom is 0.306 e. The Morgan fingerprint density at radius 1 is 1.29 bits per heavy atom. The van der Waals surface area contributed by atoms with Crippen LogP contribution in [0.3, 0.4) is 0 Å². The smallest absolute Gasteiger partial charge is 0.306 e. The van der Waals surface area contributed by atoms with E-state index in [-0.39, 0.29) is 35.6 Å². The van der Waals surface area contributed by atoms with Gasteiger partial charge in [0.1, 0.15) is 5.84 Å². The Labute approximate surface area is 164 Å². The van der Waals surface area contributed by atoms with Gasteiger partial charge in [-0.25, -0.2) is 8.42 Å².